The van der Waals surface area contributed by atoms with E-state index in [4.69, 9.17) is 5.11 Å². The second-order valence-electron chi connectivity index (χ2n) is 3.43. The highest BCUT2D eigenvalue weighted by Gasteiger charge is 2.73. The lowest BCUT2D eigenvalue weighted by Gasteiger charge is -2.30. The fraction of sp³-hybridized carbons (Fsp3) is 0.444. The summed E-state index contributed by atoms with van der Waals surface area (Å²) in [6.07, 6.45) is -12.1. The molecule has 0 aliphatic carbocycles. The number of alkyl halides is 6. The van der Waals surface area contributed by atoms with Gasteiger partial charge in [-0.25, -0.2) is 0 Å². The van der Waals surface area contributed by atoms with Crippen molar-refractivity contribution < 1.29 is 40.7 Å². The molecule has 1 rings (SSSR count). The molecule has 0 bridgehead atoms. The van der Waals surface area contributed by atoms with Gasteiger partial charge in [-0.1, -0.05) is 0 Å². The molecule has 0 radical (unpaired) electrons. The maximum atomic E-state index is 12.4. The molecule has 0 saturated carbocycles. The molecular weight excluding hydrogens is 270 g/mol. The van der Waals surface area contributed by atoms with E-state index in [0.29, 0.717) is 6.07 Å². The Morgan fingerprint density at radius 3 is 1.83 bits per heavy atom. The first-order chi connectivity index (χ1) is 7.91. The van der Waals surface area contributed by atoms with E-state index in [-0.39, 0.29) is 6.07 Å². The number of hydrogen-bond donors (Lipinski definition) is 1. The van der Waals surface area contributed by atoms with Crippen LogP contribution in [-0.2, 0) is 5.60 Å². The Balaban J connectivity index is 3.41. The van der Waals surface area contributed by atoms with Gasteiger partial charge in [0.05, 0.1) is 0 Å². The van der Waals surface area contributed by atoms with Gasteiger partial charge in [-0.3, -0.25) is 4.79 Å². The molecule has 0 amide bonds. The summed E-state index contributed by atoms with van der Waals surface area (Å²) in [6, 6.07) is 0.887. The van der Waals surface area contributed by atoms with Crippen molar-refractivity contribution in [2.75, 3.05) is 0 Å². The number of ketones is 1. The lowest BCUT2D eigenvalue weighted by atomic mass is 10.00. The fourth-order valence-corrected chi connectivity index (χ4v) is 1.16. The van der Waals surface area contributed by atoms with Crippen LogP contribution < -0.4 is 0 Å². The zero-order valence-corrected chi connectivity index (χ0v) is 8.69. The largest absolute Gasteiger partial charge is 0.454 e. The number of carbonyl (C=O) groups excluding carboxylic acids is 1. The van der Waals surface area contributed by atoms with Crippen LogP contribution in [0.1, 0.15) is 23.2 Å². The molecule has 9 heteroatoms. The Morgan fingerprint density at radius 1 is 1.11 bits per heavy atom. The van der Waals surface area contributed by atoms with Gasteiger partial charge in [0.15, 0.2) is 17.3 Å². The summed E-state index contributed by atoms with van der Waals surface area (Å²) in [5, 5.41) is 8.90. The van der Waals surface area contributed by atoms with Crippen LogP contribution >= 0.6 is 0 Å². The molecule has 0 aliphatic rings. The van der Waals surface area contributed by atoms with Crippen molar-refractivity contribution >= 4 is 5.78 Å². The first kappa shape index (κ1) is 14.6. The van der Waals surface area contributed by atoms with E-state index >= 15 is 0 Å². The monoisotopic (exact) mass is 276 g/mol. The highest BCUT2D eigenvalue weighted by atomic mass is 19.4. The maximum absolute atomic E-state index is 12.4. The summed E-state index contributed by atoms with van der Waals surface area (Å²) < 4.78 is 78.4. The third-order valence-electron chi connectivity index (χ3n) is 2.13. The minimum absolute atomic E-state index is 0.262. The van der Waals surface area contributed by atoms with Gasteiger partial charge < -0.3 is 9.52 Å². The van der Waals surface area contributed by atoms with Gasteiger partial charge in [0.2, 0.25) is 0 Å². The quantitative estimate of drug-likeness (QED) is 0.667. The summed E-state index contributed by atoms with van der Waals surface area (Å²) >= 11 is 0. The Kier molecular flexibility index (Phi) is 3.24. The Bertz CT molecular complexity index is 442. The van der Waals surface area contributed by atoms with Crippen LogP contribution in [0, 0.1) is 0 Å². The molecule has 0 aromatic carbocycles. The van der Waals surface area contributed by atoms with Crippen molar-refractivity contribution in [3.05, 3.63) is 23.7 Å². The SMILES string of the molecule is CC(=O)c1ccc(C(O)(C(F)(F)F)C(F)(F)F)o1. The average molecular weight is 276 g/mol. The van der Waals surface area contributed by atoms with Gasteiger partial charge >= 0.3 is 18.0 Å². The summed E-state index contributed by atoms with van der Waals surface area (Å²) in [5.41, 5.74) is -5.15. The van der Waals surface area contributed by atoms with E-state index < -0.39 is 35.3 Å². The van der Waals surface area contributed by atoms with Crippen LogP contribution in [0.15, 0.2) is 16.5 Å². The molecule has 3 nitrogen and oxygen atoms in total. The zero-order chi connectivity index (χ0) is 14.4. The first-order valence-corrected chi connectivity index (χ1v) is 4.38. The lowest BCUT2D eigenvalue weighted by molar-refractivity contribution is -0.381. The predicted molar refractivity (Wildman–Crippen MR) is 44.7 cm³/mol. The number of halogens is 6. The molecule has 0 fully saturated rings. The first-order valence-electron chi connectivity index (χ1n) is 4.38. The Labute approximate surface area is 96.0 Å². The average Bonchev–Trinajstić information content (AvgIpc) is 2.61. The van der Waals surface area contributed by atoms with Crippen molar-refractivity contribution in [1.82, 2.24) is 0 Å². The predicted octanol–water partition coefficient (Wildman–Crippen LogP) is 2.79. The summed E-state index contributed by atoms with van der Waals surface area (Å²) in [6.45, 7) is 0.892. The minimum atomic E-state index is -6.03. The smallest absolute Gasteiger partial charge is 0.433 e. The minimum Gasteiger partial charge on any atom is -0.454 e. The van der Waals surface area contributed by atoms with Gasteiger partial charge in [-0.2, -0.15) is 26.3 Å². The summed E-state index contributed by atoms with van der Waals surface area (Å²) in [5.74, 6) is -3.38. The fourth-order valence-electron chi connectivity index (χ4n) is 1.16. The number of Topliss-reactive ketones (excluding diaryl/α,β-unsaturated/α-hetero) is 1. The van der Waals surface area contributed by atoms with Crippen molar-refractivity contribution in [2.45, 2.75) is 24.9 Å². The van der Waals surface area contributed by atoms with Crippen molar-refractivity contribution in [3.63, 3.8) is 0 Å². The molecule has 18 heavy (non-hydrogen) atoms. The van der Waals surface area contributed by atoms with Gasteiger partial charge in [0.1, 0.15) is 0 Å². The molecule has 0 spiro atoms. The Morgan fingerprint density at radius 2 is 1.56 bits per heavy atom. The van der Waals surface area contributed by atoms with Crippen LogP contribution in [0.4, 0.5) is 26.3 Å². The molecule has 102 valence electrons. The van der Waals surface area contributed by atoms with Gasteiger partial charge in [0.25, 0.3) is 0 Å². The molecule has 0 saturated heterocycles. The molecular formula is C9H6F6O3. The van der Waals surface area contributed by atoms with E-state index in [0.717, 1.165) is 6.92 Å². The van der Waals surface area contributed by atoms with Crippen LogP contribution in [0.25, 0.3) is 0 Å². The molecule has 0 atom stereocenters. The molecule has 1 aromatic rings. The van der Waals surface area contributed by atoms with Gasteiger partial charge in [-0.05, 0) is 12.1 Å². The van der Waals surface area contributed by atoms with Crippen LogP contribution in [0.2, 0.25) is 0 Å². The van der Waals surface area contributed by atoms with Crippen molar-refractivity contribution in [2.24, 2.45) is 0 Å². The van der Waals surface area contributed by atoms with Gasteiger partial charge in [0, 0.05) is 6.92 Å². The third kappa shape index (κ3) is 2.09. The summed E-state index contributed by atoms with van der Waals surface area (Å²) in [4.78, 5) is 10.7. The van der Waals surface area contributed by atoms with Crippen LogP contribution in [-0.4, -0.2) is 23.2 Å². The number of aliphatic hydroxyl groups is 1. The molecule has 0 aliphatic heterocycles. The number of furan rings is 1. The topological polar surface area (TPSA) is 50.4 Å². The van der Waals surface area contributed by atoms with Gasteiger partial charge in [-0.15, -0.1) is 0 Å². The molecule has 1 N–H and O–H groups in total. The zero-order valence-electron chi connectivity index (χ0n) is 8.69. The lowest BCUT2D eigenvalue weighted by Crippen LogP contribution is -2.53. The van der Waals surface area contributed by atoms with E-state index in [9.17, 15) is 31.1 Å². The van der Waals surface area contributed by atoms with Crippen LogP contribution in [0.5, 0.6) is 0 Å². The van der Waals surface area contributed by atoms with Crippen LogP contribution in [0.3, 0.4) is 0 Å². The molecule has 1 aromatic heterocycles. The third-order valence-corrected chi connectivity index (χ3v) is 2.13. The highest BCUT2D eigenvalue weighted by molar-refractivity contribution is 5.91. The highest BCUT2D eigenvalue weighted by Crippen LogP contribution is 2.50. The van der Waals surface area contributed by atoms with E-state index in [2.05, 4.69) is 4.42 Å². The summed E-state index contributed by atoms with van der Waals surface area (Å²) in [7, 11) is 0. The van der Waals surface area contributed by atoms with E-state index in [1.165, 1.54) is 0 Å². The Hall–Kier alpha value is -1.51. The second kappa shape index (κ2) is 4.01. The molecule has 0 unspecified atom stereocenters. The maximum Gasteiger partial charge on any atom is 0.433 e. The second-order valence-corrected chi connectivity index (χ2v) is 3.43. The normalized spacial score (nSPS) is 13.8. The van der Waals surface area contributed by atoms with Crippen molar-refractivity contribution in [1.29, 1.82) is 0 Å². The number of hydrogen-bond acceptors (Lipinski definition) is 3. The van der Waals surface area contributed by atoms with E-state index in [1.807, 2.05) is 0 Å². The number of carbonyl (C=O) groups is 1. The van der Waals surface area contributed by atoms with E-state index in [1.54, 1.807) is 0 Å². The standard InChI is InChI=1S/C9H6F6O3/c1-4(16)5-2-3-6(18-5)7(17,8(10,11)12)9(13,14)15/h2-3,17H,1H3. The molecule has 1 heterocycles. The van der Waals surface area contributed by atoms with Crippen molar-refractivity contribution in [3.8, 4) is 0 Å². The number of rotatable bonds is 2.